The van der Waals surface area contributed by atoms with Gasteiger partial charge in [-0.2, -0.15) is 0 Å². The lowest BCUT2D eigenvalue weighted by Crippen LogP contribution is -2.39. The molecule has 1 atom stereocenters. The molecule has 1 amide bonds. The molecule has 2 aromatic carbocycles. The van der Waals surface area contributed by atoms with Gasteiger partial charge in [-0.15, -0.1) is 0 Å². The Hall–Kier alpha value is -2.36. The Morgan fingerprint density at radius 1 is 1.18 bits per heavy atom. The molecule has 2 aromatic rings. The number of hydrogen-bond donors (Lipinski definition) is 1. The summed E-state index contributed by atoms with van der Waals surface area (Å²) in [6.07, 6.45) is 1.14. The van der Waals surface area contributed by atoms with Crippen LogP contribution in [-0.4, -0.2) is 24.5 Å². The van der Waals surface area contributed by atoms with Crippen LogP contribution < -0.4 is 5.32 Å². The van der Waals surface area contributed by atoms with Crippen LogP contribution in [0.25, 0.3) is 10.8 Å². The van der Waals surface area contributed by atoms with Crippen molar-refractivity contribution in [2.24, 2.45) is 0 Å². The molecule has 0 radical (unpaired) electrons. The van der Waals surface area contributed by atoms with E-state index in [9.17, 15) is 9.59 Å². The smallest absolute Gasteiger partial charge is 0.407 e. The molecule has 0 heterocycles. The molecule has 3 rings (SSSR count). The van der Waals surface area contributed by atoms with Crippen LogP contribution in [0.1, 0.15) is 35.3 Å². The van der Waals surface area contributed by atoms with Gasteiger partial charge in [-0.25, -0.2) is 4.79 Å². The molecule has 4 heteroatoms. The Morgan fingerprint density at radius 2 is 1.91 bits per heavy atom. The lowest BCUT2D eigenvalue weighted by atomic mass is 9.84. The van der Waals surface area contributed by atoms with E-state index >= 15 is 0 Å². The average Bonchev–Trinajstić information content (AvgIpc) is 2.47. The molecular weight excluding hydrogens is 278 g/mol. The maximum Gasteiger partial charge on any atom is 0.407 e. The van der Waals surface area contributed by atoms with E-state index in [4.69, 9.17) is 4.74 Å². The first kappa shape index (κ1) is 14.6. The molecule has 1 aliphatic carbocycles. The summed E-state index contributed by atoms with van der Waals surface area (Å²) in [5, 5.41) is 5.09. The van der Waals surface area contributed by atoms with E-state index in [1.165, 1.54) is 11.1 Å². The zero-order chi connectivity index (χ0) is 15.7. The molecule has 0 aliphatic heterocycles. The van der Waals surface area contributed by atoms with Gasteiger partial charge in [0.15, 0.2) is 5.78 Å². The van der Waals surface area contributed by atoms with Gasteiger partial charge in [-0.1, -0.05) is 30.3 Å². The first-order chi connectivity index (χ1) is 10.6. The van der Waals surface area contributed by atoms with Crippen LogP contribution in [-0.2, 0) is 17.6 Å². The summed E-state index contributed by atoms with van der Waals surface area (Å²) < 4.78 is 4.96. The molecule has 0 bridgehead atoms. The van der Waals surface area contributed by atoms with Crippen LogP contribution in [0.4, 0.5) is 4.79 Å². The van der Waals surface area contributed by atoms with E-state index in [1.807, 2.05) is 24.3 Å². The van der Waals surface area contributed by atoms with Gasteiger partial charge in [0.1, 0.15) is 0 Å². The number of ether oxygens (including phenoxy) is 1. The highest BCUT2D eigenvalue weighted by Crippen LogP contribution is 2.32. The van der Waals surface area contributed by atoms with Gasteiger partial charge < -0.3 is 10.1 Å². The highest BCUT2D eigenvalue weighted by molar-refractivity contribution is 6.08. The predicted octanol–water partition coefficient (Wildman–Crippen LogP) is 3.26. The van der Waals surface area contributed by atoms with Crippen molar-refractivity contribution in [3.63, 3.8) is 0 Å². The zero-order valence-electron chi connectivity index (χ0n) is 12.8. The molecule has 4 nitrogen and oxygen atoms in total. The fraction of sp³-hybridized carbons (Fsp3) is 0.333. The van der Waals surface area contributed by atoms with Gasteiger partial charge in [-0.05, 0) is 48.6 Å². The second-order valence-electron chi connectivity index (χ2n) is 5.64. The molecule has 1 unspecified atom stereocenters. The molecule has 0 saturated heterocycles. The zero-order valence-corrected chi connectivity index (χ0v) is 12.8. The Balaban J connectivity index is 1.98. The lowest BCUT2D eigenvalue weighted by Gasteiger charge is -2.26. The number of ketones is 1. The van der Waals surface area contributed by atoms with E-state index in [0.717, 1.165) is 29.2 Å². The third-order valence-electron chi connectivity index (χ3n) is 4.12. The molecular formula is C18H19NO3. The van der Waals surface area contributed by atoms with Crippen molar-refractivity contribution in [3.8, 4) is 0 Å². The van der Waals surface area contributed by atoms with E-state index in [2.05, 4.69) is 11.4 Å². The summed E-state index contributed by atoms with van der Waals surface area (Å²) in [5.41, 5.74) is 3.10. The fourth-order valence-corrected chi connectivity index (χ4v) is 3.25. The maximum absolute atomic E-state index is 11.8. The first-order valence-corrected chi connectivity index (χ1v) is 7.58. The van der Waals surface area contributed by atoms with Crippen molar-refractivity contribution in [1.82, 2.24) is 5.32 Å². The van der Waals surface area contributed by atoms with Crippen molar-refractivity contribution < 1.29 is 14.3 Å². The number of carbonyl (C=O) groups excluding carboxylic acids is 2. The standard InChI is InChI=1S/C18H19NO3/c1-3-22-18(21)19-14-9-12-5-4-6-16-15(11(2)20)8-7-13(10-14)17(12)16/h4-8,14H,3,9-10H2,1-2H3,(H,19,21). The SMILES string of the molecule is CCOC(=O)NC1Cc2cccc3c(C(C)=O)ccc(c23)C1. The fourth-order valence-electron chi connectivity index (χ4n) is 3.25. The highest BCUT2D eigenvalue weighted by Gasteiger charge is 2.23. The van der Waals surface area contributed by atoms with E-state index in [-0.39, 0.29) is 17.9 Å². The van der Waals surface area contributed by atoms with Gasteiger partial charge >= 0.3 is 6.09 Å². The number of amides is 1. The molecule has 1 aliphatic rings. The number of alkyl carbamates (subject to hydrolysis) is 1. The second-order valence-corrected chi connectivity index (χ2v) is 5.64. The number of benzene rings is 2. The topological polar surface area (TPSA) is 55.4 Å². The minimum absolute atomic E-state index is 0.0281. The number of carbonyl (C=O) groups is 2. The van der Waals surface area contributed by atoms with Crippen LogP contribution in [0.15, 0.2) is 30.3 Å². The summed E-state index contributed by atoms with van der Waals surface area (Å²) in [4.78, 5) is 23.4. The number of nitrogens with one attached hydrogen (secondary N) is 1. The molecule has 0 saturated carbocycles. The van der Waals surface area contributed by atoms with Gasteiger partial charge in [0.05, 0.1) is 6.61 Å². The quantitative estimate of drug-likeness (QED) is 0.885. The Kier molecular flexibility index (Phi) is 3.84. The van der Waals surface area contributed by atoms with Crippen LogP contribution in [0.3, 0.4) is 0 Å². The highest BCUT2D eigenvalue weighted by atomic mass is 16.5. The van der Waals surface area contributed by atoms with Gasteiger partial charge in [-0.3, -0.25) is 4.79 Å². The number of rotatable bonds is 3. The van der Waals surface area contributed by atoms with E-state index < -0.39 is 0 Å². The summed E-state index contributed by atoms with van der Waals surface area (Å²) in [5.74, 6) is 0.0791. The Bertz CT molecular complexity index is 739. The van der Waals surface area contributed by atoms with Crippen molar-refractivity contribution >= 4 is 22.6 Å². The van der Waals surface area contributed by atoms with Crippen LogP contribution in [0.2, 0.25) is 0 Å². The summed E-state index contributed by atoms with van der Waals surface area (Å²) in [7, 11) is 0. The van der Waals surface area contributed by atoms with E-state index in [1.54, 1.807) is 13.8 Å². The molecule has 0 spiro atoms. The van der Waals surface area contributed by atoms with Crippen molar-refractivity contribution in [1.29, 1.82) is 0 Å². The van der Waals surface area contributed by atoms with Crippen LogP contribution in [0, 0.1) is 0 Å². The Labute approximate surface area is 129 Å². The summed E-state index contributed by atoms with van der Waals surface area (Å²) in [6.45, 7) is 3.75. The lowest BCUT2D eigenvalue weighted by molar-refractivity contribution is 0.101. The van der Waals surface area contributed by atoms with Crippen molar-refractivity contribution in [2.45, 2.75) is 32.7 Å². The van der Waals surface area contributed by atoms with Gasteiger partial charge in [0, 0.05) is 11.6 Å². The minimum Gasteiger partial charge on any atom is -0.450 e. The van der Waals surface area contributed by atoms with Gasteiger partial charge in [0.2, 0.25) is 0 Å². The molecule has 22 heavy (non-hydrogen) atoms. The predicted molar refractivity (Wildman–Crippen MR) is 85.3 cm³/mol. The van der Waals surface area contributed by atoms with Crippen molar-refractivity contribution in [3.05, 3.63) is 47.0 Å². The Morgan fingerprint density at radius 3 is 2.59 bits per heavy atom. The number of Topliss-reactive ketones (excluding diaryl/α,β-unsaturated/α-hetero) is 1. The largest absolute Gasteiger partial charge is 0.450 e. The molecule has 0 aromatic heterocycles. The third-order valence-corrected chi connectivity index (χ3v) is 4.12. The van der Waals surface area contributed by atoms with Crippen LogP contribution >= 0.6 is 0 Å². The van der Waals surface area contributed by atoms with E-state index in [0.29, 0.717) is 6.61 Å². The van der Waals surface area contributed by atoms with Crippen LogP contribution in [0.5, 0.6) is 0 Å². The molecule has 0 fully saturated rings. The normalized spacial score (nSPS) is 16.4. The maximum atomic E-state index is 11.8. The average molecular weight is 297 g/mol. The molecule has 1 N–H and O–H groups in total. The summed E-state index contributed by atoms with van der Waals surface area (Å²) in [6, 6.07) is 9.95. The first-order valence-electron chi connectivity index (χ1n) is 7.58. The minimum atomic E-state index is -0.372. The van der Waals surface area contributed by atoms with Crippen molar-refractivity contribution in [2.75, 3.05) is 6.61 Å². The number of hydrogen-bond acceptors (Lipinski definition) is 3. The third kappa shape index (κ3) is 2.56. The second kappa shape index (κ2) is 5.79. The monoisotopic (exact) mass is 297 g/mol. The summed E-state index contributed by atoms with van der Waals surface area (Å²) >= 11 is 0. The van der Waals surface area contributed by atoms with Gasteiger partial charge in [0.25, 0.3) is 0 Å². The molecule has 114 valence electrons.